The third kappa shape index (κ3) is 4.22. The van der Waals surface area contributed by atoms with Crippen molar-refractivity contribution in [2.24, 2.45) is 0 Å². The number of carbonyl (C=O) groups excluding carboxylic acids is 2. The zero-order valence-corrected chi connectivity index (χ0v) is 16.8. The number of fused-ring (bicyclic) bond motifs is 2. The lowest BCUT2D eigenvalue weighted by Gasteiger charge is -2.34. The first kappa shape index (κ1) is 19.3. The van der Waals surface area contributed by atoms with Gasteiger partial charge >= 0.3 is 0 Å². The van der Waals surface area contributed by atoms with Gasteiger partial charge in [0.25, 0.3) is 11.1 Å². The van der Waals surface area contributed by atoms with E-state index in [1.807, 2.05) is 49.4 Å². The Morgan fingerprint density at radius 2 is 2.00 bits per heavy atom. The maximum absolute atomic E-state index is 13.0. The molecule has 0 radical (unpaired) electrons. The van der Waals surface area contributed by atoms with E-state index < -0.39 is 6.10 Å². The molecule has 8 heteroatoms. The van der Waals surface area contributed by atoms with Crippen LogP contribution >= 0.6 is 11.8 Å². The van der Waals surface area contributed by atoms with E-state index in [-0.39, 0.29) is 24.1 Å². The second-order valence-electron chi connectivity index (χ2n) is 6.61. The minimum atomic E-state index is -0.741. The van der Waals surface area contributed by atoms with E-state index in [2.05, 4.69) is 10.3 Å². The third-order valence-electron chi connectivity index (χ3n) is 4.51. The number of carbonyl (C=O) groups is 2. The molecular weight excluding hydrogens is 390 g/mol. The minimum absolute atomic E-state index is 0.138. The van der Waals surface area contributed by atoms with Gasteiger partial charge in [-0.05, 0) is 30.7 Å². The number of aromatic nitrogens is 1. The van der Waals surface area contributed by atoms with E-state index in [1.165, 1.54) is 11.8 Å². The van der Waals surface area contributed by atoms with E-state index in [1.54, 1.807) is 11.0 Å². The van der Waals surface area contributed by atoms with Crippen molar-refractivity contribution in [1.29, 1.82) is 0 Å². The van der Waals surface area contributed by atoms with Crippen molar-refractivity contribution in [1.82, 2.24) is 10.3 Å². The summed E-state index contributed by atoms with van der Waals surface area (Å²) in [5.74, 6) is 0.312. The summed E-state index contributed by atoms with van der Waals surface area (Å²) in [6.07, 6.45) is 0.0912. The van der Waals surface area contributed by atoms with Crippen LogP contribution in [0.15, 0.2) is 58.2 Å². The first-order valence-electron chi connectivity index (χ1n) is 9.48. The summed E-state index contributed by atoms with van der Waals surface area (Å²) in [7, 11) is 0. The molecule has 2 aromatic carbocycles. The highest BCUT2D eigenvalue weighted by Crippen LogP contribution is 2.34. The number of oxazole rings is 1. The average Bonchev–Trinajstić information content (AvgIpc) is 3.18. The van der Waals surface area contributed by atoms with Crippen LogP contribution in [0, 0.1) is 0 Å². The quantitative estimate of drug-likeness (QED) is 0.627. The minimum Gasteiger partial charge on any atom is -0.477 e. The number of hydrogen-bond acceptors (Lipinski definition) is 6. The van der Waals surface area contributed by atoms with E-state index in [0.717, 1.165) is 11.9 Å². The third-order valence-corrected chi connectivity index (χ3v) is 5.32. The van der Waals surface area contributed by atoms with Gasteiger partial charge in [-0.3, -0.25) is 9.59 Å². The first-order valence-corrected chi connectivity index (χ1v) is 10.5. The van der Waals surface area contributed by atoms with E-state index >= 15 is 0 Å². The molecule has 1 atom stereocenters. The molecule has 2 heterocycles. The molecule has 29 heavy (non-hydrogen) atoms. The number of benzene rings is 2. The topological polar surface area (TPSA) is 84.7 Å². The standard InChI is InChI=1S/C21H21N3O4S/c1-2-11-22-20(26)18-12-24(15-8-4-6-10-17(15)27-18)19(25)13-29-21-23-14-7-3-5-9-16(14)28-21/h3-10,18H,2,11-13H2,1H3,(H,22,26)/t18-/m0/s1. The molecule has 1 N–H and O–H groups in total. The molecule has 7 nitrogen and oxygen atoms in total. The molecule has 3 aromatic rings. The fourth-order valence-electron chi connectivity index (χ4n) is 3.08. The van der Waals surface area contributed by atoms with Crippen LogP contribution in [0.3, 0.4) is 0 Å². The summed E-state index contributed by atoms with van der Waals surface area (Å²) in [5.41, 5.74) is 2.11. The summed E-state index contributed by atoms with van der Waals surface area (Å²) < 4.78 is 11.5. The van der Waals surface area contributed by atoms with Crippen LogP contribution < -0.4 is 15.0 Å². The summed E-state index contributed by atoms with van der Waals surface area (Å²) in [6, 6.07) is 14.7. The van der Waals surface area contributed by atoms with E-state index in [9.17, 15) is 9.59 Å². The predicted molar refractivity (Wildman–Crippen MR) is 111 cm³/mol. The molecule has 150 valence electrons. The van der Waals surface area contributed by atoms with Crippen molar-refractivity contribution < 1.29 is 18.7 Å². The summed E-state index contributed by atoms with van der Waals surface area (Å²) in [4.78, 5) is 31.4. The van der Waals surface area contributed by atoms with E-state index in [4.69, 9.17) is 9.15 Å². The van der Waals surface area contributed by atoms with Gasteiger partial charge in [-0.1, -0.05) is 43.0 Å². The van der Waals surface area contributed by atoms with Gasteiger partial charge in [0.2, 0.25) is 5.91 Å². The lowest BCUT2D eigenvalue weighted by molar-refractivity contribution is -0.128. The molecule has 1 aliphatic heterocycles. The van der Waals surface area contributed by atoms with Gasteiger partial charge in [0.1, 0.15) is 11.3 Å². The van der Waals surface area contributed by atoms with Crippen LogP contribution in [0.1, 0.15) is 13.3 Å². The van der Waals surface area contributed by atoms with E-state index in [0.29, 0.717) is 28.8 Å². The smallest absolute Gasteiger partial charge is 0.262 e. The number of anilines is 1. The second-order valence-corrected chi connectivity index (χ2v) is 7.53. The summed E-state index contributed by atoms with van der Waals surface area (Å²) in [6.45, 7) is 2.72. The largest absolute Gasteiger partial charge is 0.477 e. The number of rotatable bonds is 6. The molecule has 4 rings (SSSR count). The summed E-state index contributed by atoms with van der Waals surface area (Å²) >= 11 is 1.24. The Labute approximate surface area is 172 Å². The normalized spacial score (nSPS) is 15.6. The Hall–Kier alpha value is -3.00. The van der Waals surface area contributed by atoms with Gasteiger partial charge in [0, 0.05) is 6.54 Å². The number of nitrogens with one attached hydrogen (secondary N) is 1. The van der Waals surface area contributed by atoms with Gasteiger partial charge in [-0.25, -0.2) is 4.98 Å². The molecule has 0 fully saturated rings. The van der Waals surface area contributed by atoms with Crippen molar-refractivity contribution in [2.75, 3.05) is 23.7 Å². The molecule has 0 aliphatic carbocycles. The van der Waals surface area contributed by atoms with Crippen molar-refractivity contribution in [3.63, 3.8) is 0 Å². The highest BCUT2D eigenvalue weighted by molar-refractivity contribution is 7.99. The molecule has 0 unspecified atom stereocenters. The van der Waals surface area contributed by atoms with Crippen molar-refractivity contribution in [2.45, 2.75) is 24.7 Å². The number of amides is 2. The van der Waals surface area contributed by atoms with Crippen LogP contribution in [0.2, 0.25) is 0 Å². The van der Waals surface area contributed by atoms with Gasteiger partial charge in [0.15, 0.2) is 11.7 Å². The number of ether oxygens (including phenoxy) is 1. The van der Waals surface area contributed by atoms with Gasteiger partial charge in [0.05, 0.1) is 18.0 Å². The molecule has 1 aromatic heterocycles. The van der Waals surface area contributed by atoms with Gasteiger partial charge in [-0.15, -0.1) is 0 Å². The molecule has 0 saturated heterocycles. The van der Waals surface area contributed by atoms with Crippen LogP contribution in [-0.2, 0) is 9.59 Å². The molecular formula is C21H21N3O4S. The fourth-order valence-corrected chi connectivity index (χ4v) is 3.80. The van der Waals surface area contributed by atoms with Crippen molar-refractivity contribution in [3.05, 3.63) is 48.5 Å². The Morgan fingerprint density at radius 1 is 1.21 bits per heavy atom. The number of hydrogen-bond donors (Lipinski definition) is 1. The highest BCUT2D eigenvalue weighted by atomic mass is 32.2. The van der Waals surface area contributed by atoms with Crippen LogP contribution in [0.4, 0.5) is 5.69 Å². The lowest BCUT2D eigenvalue weighted by Crippen LogP contribution is -2.51. The fraction of sp³-hybridized carbons (Fsp3) is 0.286. The molecule has 0 saturated carbocycles. The van der Waals surface area contributed by atoms with Crippen LogP contribution in [0.25, 0.3) is 11.1 Å². The zero-order chi connectivity index (χ0) is 20.2. The van der Waals surface area contributed by atoms with Gasteiger partial charge in [-0.2, -0.15) is 0 Å². The summed E-state index contributed by atoms with van der Waals surface area (Å²) in [5, 5.41) is 3.28. The molecule has 2 amide bonds. The Balaban J connectivity index is 1.48. The zero-order valence-electron chi connectivity index (χ0n) is 16.0. The molecule has 0 bridgehead atoms. The maximum Gasteiger partial charge on any atom is 0.262 e. The predicted octanol–water partition coefficient (Wildman–Crippen LogP) is 3.24. The maximum atomic E-state index is 13.0. The van der Waals surface area contributed by atoms with Crippen LogP contribution in [-0.4, -0.2) is 41.7 Å². The number of para-hydroxylation sites is 4. The van der Waals surface area contributed by atoms with Crippen molar-refractivity contribution in [3.8, 4) is 5.75 Å². The molecule has 0 spiro atoms. The Bertz CT molecular complexity index is 1000. The first-order chi connectivity index (χ1) is 14.2. The molecule has 1 aliphatic rings. The lowest BCUT2D eigenvalue weighted by atomic mass is 10.1. The Kier molecular flexibility index (Phi) is 5.71. The SMILES string of the molecule is CCCNC(=O)[C@@H]1CN(C(=O)CSc2nc3ccccc3o2)c2ccccc2O1. The average molecular weight is 411 g/mol. The Morgan fingerprint density at radius 3 is 2.83 bits per heavy atom. The van der Waals surface area contributed by atoms with Crippen LogP contribution in [0.5, 0.6) is 5.75 Å². The number of nitrogens with zero attached hydrogens (tertiary/aromatic N) is 2. The van der Waals surface area contributed by atoms with Crippen molar-refractivity contribution >= 4 is 40.4 Å². The highest BCUT2D eigenvalue weighted by Gasteiger charge is 2.33. The van der Waals surface area contributed by atoms with Gasteiger partial charge < -0.3 is 19.4 Å². The number of thioether (sulfide) groups is 1. The second kappa shape index (κ2) is 8.57. The monoisotopic (exact) mass is 411 g/mol.